The summed E-state index contributed by atoms with van der Waals surface area (Å²) in [6.07, 6.45) is 6.03. The molecule has 0 heterocycles. The Hall–Kier alpha value is -1.55. The lowest BCUT2D eigenvalue weighted by Crippen LogP contribution is -2.44. The van der Waals surface area contributed by atoms with Crippen LogP contribution in [-0.2, 0) is 11.2 Å². The number of hydrogen-bond donors (Lipinski definition) is 3. The highest BCUT2D eigenvalue weighted by Gasteiger charge is 2.29. The third kappa shape index (κ3) is 4.53. The van der Waals surface area contributed by atoms with Crippen molar-refractivity contribution in [2.75, 3.05) is 12.3 Å². The molecule has 1 fully saturated rings. The summed E-state index contributed by atoms with van der Waals surface area (Å²) in [5.74, 6) is 0.000762. The second-order valence-electron chi connectivity index (χ2n) is 5.80. The van der Waals surface area contributed by atoms with Crippen molar-refractivity contribution >= 4 is 11.6 Å². The fourth-order valence-corrected chi connectivity index (χ4v) is 2.68. The summed E-state index contributed by atoms with van der Waals surface area (Å²) in [6, 6.07) is 7.57. The minimum Gasteiger partial charge on any atom is -0.399 e. The van der Waals surface area contributed by atoms with Crippen LogP contribution < -0.4 is 11.1 Å². The number of anilines is 1. The molecule has 1 amide bonds. The number of amides is 1. The number of nitrogen functional groups attached to an aromatic ring is 1. The zero-order valence-electron chi connectivity index (χ0n) is 11.9. The Balaban J connectivity index is 1.71. The molecule has 0 aromatic heterocycles. The first-order valence-electron chi connectivity index (χ1n) is 7.41. The lowest BCUT2D eigenvalue weighted by Gasteiger charge is -2.32. The molecule has 0 saturated heterocycles. The summed E-state index contributed by atoms with van der Waals surface area (Å²) in [5, 5.41) is 13.2. The molecule has 1 aliphatic rings. The number of nitrogens with one attached hydrogen (secondary N) is 1. The Kier molecular flexibility index (Phi) is 5.01. The van der Waals surface area contributed by atoms with Gasteiger partial charge in [-0.3, -0.25) is 4.79 Å². The van der Waals surface area contributed by atoms with E-state index in [2.05, 4.69) is 5.32 Å². The van der Waals surface area contributed by atoms with Gasteiger partial charge < -0.3 is 16.2 Å². The first-order valence-corrected chi connectivity index (χ1v) is 7.41. The second-order valence-corrected chi connectivity index (χ2v) is 5.80. The maximum Gasteiger partial charge on any atom is 0.220 e. The van der Waals surface area contributed by atoms with E-state index >= 15 is 0 Å². The largest absolute Gasteiger partial charge is 0.399 e. The molecule has 2 rings (SSSR count). The van der Waals surface area contributed by atoms with Crippen LogP contribution in [0.2, 0.25) is 0 Å². The minimum absolute atomic E-state index is 0.000762. The van der Waals surface area contributed by atoms with Gasteiger partial charge in [-0.15, -0.1) is 0 Å². The van der Waals surface area contributed by atoms with E-state index in [9.17, 15) is 9.90 Å². The standard InChI is InChI=1S/C16H24N2O2/c17-14-7-4-13(5-8-14)6-9-15(19)18-12-16(20)10-2-1-3-11-16/h4-5,7-8,20H,1-3,6,9-12,17H2,(H,18,19). The van der Waals surface area contributed by atoms with Crippen molar-refractivity contribution in [2.45, 2.75) is 50.5 Å². The van der Waals surface area contributed by atoms with Gasteiger partial charge in [0.05, 0.1) is 5.60 Å². The third-order valence-corrected chi connectivity index (χ3v) is 4.02. The van der Waals surface area contributed by atoms with Gasteiger partial charge >= 0.3 is 0 Å². The fourth-order valence-electron chi connectivity index (χ4n) is 2.68. The lowest BCUT2D eigenvalue weighted by molar-refractivity contribution is -0.122. The number of hydrogen-bond acceptors (Lipinski definition) is 3. The van der Waals surface area contributed by atoms with E-state index in [1.807, 2.05) is 24.3 Å². The fraction of sp³-hybridized carbons (Fsp3) is 0.562. The summed E-state index contributed by atoms with van der Waals surface area (Å²) in [7, 11) is 0. The molecule has 0 atom stereocenters. The van der Waals surface area contributed by atoms with E-state index in [4.69, 9.17) is 5.73 Å². The Morgan fingerprint density at radius 3 is 2.50 bits per heavy atom. The van der Waals surface area contributed by atoms with Gasteiger partial charge in [0.1, 0.15) is 0 Å². The van der Waals surface area contributed by atoms with Crippen molar-refractivity contribution in [3.05, 3.63) is 29.8 Å². The first kappa shape index (κ1) is 14.9. The average Bonchev–Trinajstić information content (AvgIpc) is 2.45. The minimum atomic E-state index is -0.685. The second kappa shape index (κ2) is 6.75. The maximum absolute atomic E-state index is 11.8. The van der Waals surface area contributed by atoms with E-state index in [1.165, 1.54) is 6.42 Å². The molecule has 0 unspecified atom stereocenters. The first-order chi connectivity index (χ1) is 9.57. The van der Waals surface area contributed by atoms with Crippen molar-refractivity contribution in [3.63, 3.8) is 0 Å². The van der Waals surface area contributed by atoms with Gasteiger partial charge in [-0.2, -0.15) is 0 Å². The summed E-state index contributed by atoms with van der Waals surface area (Å²) < 4.78 is 0. The van der Waals surface area contributed by atoms with Crippen molar-refractivity contribution < 1.29 is 9.90 Å². The molecule has 1 aromatic carbocycles. The monoisotopic (exact) mass is 276 g/mol. The van der Waals surface area contributed by atoms with Crippen LogP contribution in [0, 0.1) is 0 Å². The SMILES string of the molecule is Nc1ccc(CCC(=O)NCC2(O)CCCCC2)cc1. The molecule has 1 saturated carbocycles. The van der Waals surface area contributed by atoms with E-state index in [0.717, 1.165) is 36.9 Å². The third-order valence-electron chi connectivity index (χ3n) is 4.02. The van der Waals surface area contributed by atoms with Crippen LogP contribution in [0.25, 0.3) is 0 Å². The Bertz CT molecular complexity index is 436. The van der Waals surface area contributed by atoms with Crippen molar-refractivity contribution in [1.29, 1.82) is 0 Å². The Morgan fingerprint density at radius 2 is 1.85 bits per heavy atom. The number of carbonyl (C=O) groups excluding carboxylic acids is 1. The molecule has 1 aromatic rings. The molecule has 0 bridgehead atoms. The molecule has 110 valence electrons. The average molecular weight is 276 g/mol. The van der Waals surface area contributed by atoms with Crippen LogP contribution in [-0.4, -0.2) is 23.2 Å². The number of carbonyl (C=O) groups is 1. The van der Waals surface area contributed by atoms with Crippen LogP contribution in [0.3, 0.4) is 0 Å². The van der Waals surface area contributed by atoms with Crippen molar-refractivity contribution in [2.24, 2.45) is 0 Å². The van der Waals surface area contributed by atoms with E-state index in [-0.39, 0.29) is 5.91 Å². The molecule has 4 N–H and O–H groups in total. The van der Waals surface area contributed by atoms with Gasteiger partial charge in [0, 0.05) is 18.7 Å². The van der Waals surface area contributed by atoms with Crippen molar-refractivity contribution in [3.8, 4) is 0 Å². The van der Waals surface area contributed by atoms with Crippen LogP contribution in [0.4, 0.5) is 5.69 Å². The molecule has 0 spiro atoms. The van der Waals surface area contributed by atoms with E-state index in [1.54, 1.807) is 0 Å². The molecular formula is C16H24N2O2. The van der Waals surface area contributed by atoms with Gasteiger partial charge in [0.2, 0.25) is 5.91 Å². The maximum atomic E-state index is 11.8. The normalized spacial score (nSPS) is 17.6. The number of benzene rings is 1. The summed E-state index contributed by atoms with van der Waals surface area (Å²) in [4.78, 5) is 11.8. The van der Waals surface area contributed by atoms with E-state index in [0.29, 0.717) is 19.4 Å². The number of nitrogens with two attached hydrogens (primary N) is 1. The smallest absolute Gasteiger partial charge is 0.220 e. The predicted octanol–water partition coefficient (Wildman–Crippen LogP) is 2.01. The zero-order valence-corrected chi connectivity index (χ0v) is 11.9. The van der Waals surface area contributed by atoms with Crippen molar-refractivity contribution in [1.82, 2.24) is 5.32 Å². The highest BCUT2D eigenvalue weighted by molar-refractivity contribution is 5.76. The topological polar surface area (TPSA) is 75.4 Å². The number of aliphatic hydroxyl groups is 1. The summed E-state index contributed by atoms with van der Waals surface area (Å²) in [6.45, 7) is 0.383. The highest BCUT2D eigenvalue weighted by atomic mass is 16.3. The van der Waals surface area contributed by atoms with Crippen LogP contribution in [0.15, 0.2) is 24.3 Å². The Labute approximate surface area is 120 Å². The molecular weight excluding hydrogens is 252 g/mol. The van der Waals surface area contributed by atoms with Crippen LogP contribution in [0.1, 0.15) is 44.1 Å². The van der Waals surface area contributed by atoms with E-state index < -0.39 is 5.60 Å². The Morgan fingerprint density at radius 1 is 1.20 bits per heavy atom. The van der Waals surface area contributed by atoms with Crippen LogP contribution in [0.5, 0.6) is 0 Å². The lowest BCUT2D eigenvalue weighted by atomic mass is 9.85. The van der Waals surface area contributed by atoms with Gasteiger partial charge in [-0.25, -0.2) is 0 Å². The molecule has 20 heavy (non-hydrogen) atoms. The number of aryl methyl sites for hydroxylation is 1. The summed E-state index contributed by atoms with van der Waals surface area (Å²) in [5.41, 5.74) is 6.77. The molecule has 0 radical (unpaired) electrons. The molecule has 4 heteroatoms. The molecule has 1 aliphatic carbocycles. The number of rotatable bonds is 5. The molecule has 4 nitrogen and oxygen atoms in total. The highest BCUT2D eigenvalue weighted by Crippen LogP contribution is 2.27. The van der Waals surface area contributed by atoms with Gasteiger partial charge in [0.15, 0.2) is 0 Å². The molecule has 0 aliphatic heterocycles. The van der Waals surface area contributed by atoms with Crippen LogP contribution >= 0.6 is 0 Å². The predicted molar refractivity (Wildman–Crippen MR) is 80.2 cm³/mol. The van der Waals surface area contributed by atoms with Gasteiger partial charge in [0.25, 0.3) is 0 Å². The quantitative estimate of drug-likeness (QED) is 0.720. The zero-order chi connectivity index (χ0) is 14.4. The van der Waals surface area contributed by atoms with Gasteiger partial charge in [-0.1, -0.05) is 31.4 Å². The van der Waals surface area contributed by atoms with Gasteiger partial charge in [-0.05, 0) is 37.0 Å². The summed E-state index contributed by atoms with van der Waals surface area (Å²) >= 11 is 0.